The van der Waals surface area contributed by atoms with Crippen molar-refractivity contribution < 1.29 is 4.79 Å². The van der Waals surface area contributed by atoms with E-state index in [9.17, 15) is 4.79 Å². The molecule has 0 saturated heterocycles. The summed E-state index contributed by atoms with van der Waals surface area (Å²) in [5.74, 6) is 0.759. The van der Waals surface area contributed by atoms with Crippen LogP contribution in [0.2, 0.25) is 5.02 Å². The molecule has 7 heteroatoms. The van der Waals surface area contributed by atoms with E-state index in [-0.39, 0.29) is 11.6 Å². The zero-order chi connectivity index (χ0) is 16.2. The van der Waals surface area contributed by atoms with Crippen LogP contribution >= 0.6 is 11.6 Å². The molecule has 0 aliphatic carbocycles. The van der Waals surface area contributed by atoms with Gasteiger partial charge in [0.05, 0.1) is 0 Å². The number of halogens is 1. The van der Waals surface area contributed by atoms with Gasteiger partial charge in [-0.2, -0.15) is 5.10 Å². The van der Waals surface area contributed by atoms with Crippen LogP contribution in [0.4, 0.5) is 0 Å². The molecule has 1 N–H and O–H groups in total. The fraction of sp³-hybridized carbons (Fsp3) is 0.125. The van der Waals surface area contributed by atoms with Gasteiger partial charge in [0.15, 0.2) is 5.82 Å². The molecule has 1 amide bonds. The van der Waals surface area contributed by atoms with Crippen LogP contribution in [0.15, 0.2) is 48.8 Å². The number of carbonyl (C=O) groups excluding carboxylic acids is 1. The van der Waals surface area contributed by atoms with Crippen LogP contribution in [0, 0.1) is 6.92 Å². The molecule has 3 aromatic rings. The monoisotopic (exact) mass is 327 g/mol. The third-order valence-corrected chi connectivity index (χ3v) is 3.56. The van der Waals surface area contributed by atoms with Crippen LogP contribution in [0.1, 0.15) is 21.9 Å². The maximum absolute atomic E-state index is 12.3. The zero-order valence-corrected chi connectivity index (χ0v) is 13.2. The van der Waals surface area contributed by atoms with Gasteiger partial charge in [0, 0.05) is 30.0 Å². The highest BCUT2D eigenvalue weighted by molar-refractivity contribution is 6.31. The Kier molecular flexibility index (Phi) is 4.34. The second-order valence-corrected chi connectivity index (χ2v) is 5.29. The molecule has 0 atom stereocenters. The van der Waals surface area contributed by atoms with Crippen LogP contribution in [-0.4, -0.2) is 25.7 Å². The minimum Gasteiger partial charge on any atom is -0.347 e. The maximum Gasteiger partial charge on any atom is 0.270 e. The number of aryl methyl sites for hydroxylation is 1. The zero-order valence-electron chi connectivity index (χ0n) is 12.4. The number of carbonyl (C=O) groups is 1. The van der Waals surface area contributed by atoms with Gasteiger partial charge in [-0.15, -0.1) is 0 Å². The maximum atomic E-state index is 12.3. The number of nitrogens with one attached hydrogen (secondary N) is 1. The molecule has 2 heterocycles. The van der Waals surface area contributed by atoms with Gasteiger partial charge in [-0.05, 0) is 24.6 Å². The third-order valence-electron chi connectivity index (χ3n) is 3.19. The number of hydrogen-bond acceptors (Lipinski definition) is 4. The van der Waals surface area contributed by atoms with Gasteiger partial charge in [-0.1, -0.05) is 29.8 Å². The molecule has 0 saturated carbocycles. The third kappa shape index (κ3) is 3.54. The molecule has 1 aromatic carbocycles. The summed E-state index contributed by atoms with van der Waals surface area (Å²) in [6, 6.07) is 10.8. The van der Waals surface area contributed by atoms with Crippen LogP contribution in [0.3, 0.4) is 0 Å². The predicted octanol–water partition coefficient (Wildman–Crippen LogP) is 2.55. The van der Waals surface area contributed by atoms with Gasteiger partial charge in [0.2, 0.25) is 0 Å². The van der Waals surface area contributed by atoms with E-state index in [1.54, 1.807) is 42.2 Å². The lowest BCUT2D eigenvalue weighted by atomic mass is 10.2. The van der Waals surface area contributed by atoms with E-state index in [0.717, 1.165) is 5.56 Å². The van der Waals surface area contributed by atoms with E-state index in [2.05, 4.69) is 20.4 Å². The molecule has 0 spiro atoms. The Labute approximate surface area is 138 Å². The summed E-state index contributed by atoms with van der Waals surface area (Å²) in [7, 11) is 0. The first kappa shape index (κ1) is 15.2. The summed E-state index contributed by atoms with van der Waals surface area (Å²) >= 11 is 6.08. The van der Waals surface area contributed by atoms with E-state index in [0.29, 0.717) is 23.2 Å². The summed E-state index contributed by atoms with van der Waals surface area (Å²) in [5.41, 5.74) is 1.13. The fourth-order valence-electron chi connectivity index (χ4n) is 2.10. The van der Waals surface area contributed by atoms with E-state index < -0.39 is 0 Å². The second-order valence-electron chi connectivity index (χ2n) is 4.88. The highest BCUT2D eigenvalue weighted by Crippen LogP contribution is 2.14. The van der Waals surface area contributed by atoms with Gasteiger partial charge in [0.1, 0.15) is 11.5 Å². The Balaban J connectivity index is 1.78. The van der Waals surface area contributed by atoms with E-state index in [1.807, 2.05) is 18.2 Å². The molecule has 116 valence electrons. The fourth-order valence-corrected chi connectivity index (χ4v) is 2.30. The Morgan fingerprint density at radius 2 is 2.09 bits per heavy atom. The van der Waals surface area contributed by atoms with E-state index in [4.69, 9.17) is 11.6 Å². The number of aromatic nitrogens is 4. The van der Waals surface area contributed by atoms with E-state index >= 15 is 0 Å². The van der Waals surface area contributed by atoms with Crippen LogP contribution in [0.5, 0.6) is 0 Å². The lowest BCUT2D eigenvalue weighted by molar-refractivity contribution is 0.0945. The molecule has 0 bridgehead atoms. The molecular weight excluding hydrogens is 314 g/mol. The van der Waals surface area contributed by atoms with Gasteiger partial charge >= 0.3 is 0 Å². The minimum absolute atomic E-state index is 0.287. The molecule has 0 fully saturated rings. The summed E-state index contributed by atoms with van der Waals surface area (Å²) in [5, 5.41) is 7.54. The largest absolute Gasteiger partial charge is 0.347 e. The number of rotatable bonds is 4. The van der Waals surface area contributed by atoms with Crippen LogP contribution in [-0.2, 0) is 6.54 Å². The molecule has 23 heavy (non-hydrogen) atoms. The first-order valence-corrected chi connectivity index (χ1v) is 7.38. The Morgan fingerprint density at radius 3 is 2.83 bits per heavy atom. The standard InChI is InChI=1S/C16H14ClN5O/c1-11-20-14(9-15(21-11)22-8-4-7-19-22)16(23)18-10-12-5-2-3-6-13(12)17/h2-9H,10H2,1H3,(H,18,23). The first-order valence-electron chi connectivity index (χ1n) is 7.01. The SMILES string of the molecule is Cc1nc(C(=O)NCc2ccccc2Cl)cc(-n2cccn2)n1. The van der Waals surface area contributed by atoms with Crippen LogP contribution < -0.4 is 5.32 Å². The average molecular weight is 328 g/mol. The Bertz CT molecular complexity index is 832. The van der Waals surface area contributed by atoms with Crippen molar-refractivity contribution in [2.24, 2.45) is 0 Å². The smallest absolute Gasteiger partial charge is 0.270 e. The van der Waals surface area contributed by atoms with Crippen molar-refractivity contribution in [2.45, 2.75) is 13.5 Å². The van der Waals surface area contributed by atoms with Crippen molar-refractivity contribution >= 4 is 17.5 Å². The number of hydrogen-bond donors (Lipinski definition) is 1. The average Bonchev–Trinajstić information content (AvgIpc) is 3.08. The first-order chi connectivity index (χ1) is 11.1. The number of benzene rings is 1. The molecule has 2 aromatic heterocycles. The molecule has 0 aliphatic rings. The normalized spacial score (nSPS) is 10.5. The number of amides is 1. The van der Waals surface area contributed by atoms with Crippen molar-refractivity contribution in [1.82, 2.24) is 25.1 Å². The lowest BCUT2D eigenvalue weighted by Crippen LogP contribution is -2.24. The minimum atomic E-state index is -0.288. The van der Waals surface area contributed by atoms with Crippen molar-refractivity contribution in [1.29, 1.82) is 0 Å². The molecular formula is C16H14ClN5O. The van der Waals surface area contributed by atoms with E-state index in [1.165, 1.54) is 0 Å². The summed E-state index contributed by atoms with van der Waals surface area (Å²) in [6.45, 7) is 2.07. The van der Waals surface area contributed by atoms with Crippen molar-refractivity contribution in [3.05, 3.63) is 70.9 Å². The highest BCUT2D eigenvalue weighted by Gasteiger charge is 2.12. The summed E-state index contributed by atoms with van der Waals surface area (Å²) < 4.78 is 1.58. The lowest BCUT2D eigenvalue weighted by Gasteiger charge is -2.08. The van der Waals surface area contributed by atoms with Crippen LogP contribution in [0.25, 0.3) is 5.82 Å². The second kappa shape index (κ2) is 6.58. The van der Waals surface area contributed by atoms with Gasteiger partial charge in [0.25, 0.3) is 5.91 Å². The van der Waals surface area contributed by atoms with Crippen molar-refractivity contribution in [3.63, 3.8) is 0 Å². The predicted molar refractivity (Wildman–Crippen MR) is 86.5 cm³/mol. The topological polar surface area (TPSA) is 72.7 Å². The molecule has 0 aliphatic heterocycles. The summed E-state index contributed by atoms with van der Waals surface area (Å²) in [6.07, 6.45) is 3.40. The Morgan fingerprint density at radius 1 is 1.26 bits per heavy atom. The van der Waals surface area contributed by atoms with Crippen molar-refractivity contribution in [2.75, 3.05) is 0 Å². The van der Waals surface area contributed by atoms with Gasteiger partial charge < -0.3 is 5.32 Å². The van der Waals surface area contributed by atoms with Gasteiger partial charge in [-0.25, -0.2) is 14.6 Å². The van der Waals surface area contributed by atoms with Gasteiger partial charge in [-0.3, -0.25) is 4.79 Å². The molecule has 6 nitrogen and oxygen atoms in total. The van der Waals surface area contributed by atoms with Crippen molar-refractivity contribution in [3.8, 4) is 5.82 Å². The summed E-state index contributed by atoms with van der Waals surface area (Å²) in [4.78, 5) is 20.8. The highest BCUT2D eigenvalue weighted by atomic mass is 35.5. The number of nitrogens with zero attached hydrogens (tertiary/aromatic N) is 4. The quantitative estimate of drug-likeness (QED) is 0.799. The molecule has 3 rings (SSSR count). The Hall–Kier alpha value is -2.73. The molecule has 0 radical (unpaired) electrons. The molecule has 0 unspecified atom stereocenters.